The van der Waals surface area contributed by atoms with Gasteiger partial charge in [-0.1, -0.05) is 19.4 Å². The highest BCUT2D eigenvalue weighted by Gasteiger charge is 2.68. The van der Waals surface area contributed by atoms with E-state index >= 15 is 0 Å². The molecular formula is C23H32O6. The second kappa shape index (κ2) is 6.74. The number of esters is 1. The fourth-order valence-corrected chi connectivity index (χ4v) is 7.57. The first-order valence-electron chi connectivity index (χ1n) is 10.8. The fraction of sp³-hybridized carbons (Fsp3) is 0.783. The predicted molar refractivity (Wildman–Crippen MR) is 105 cm³/mol. The number of aliphatic hydroxyl groups excluding tert-OH is 1. The van der Waals surface area contributed by atoms with Gasteiger partial charge < -0.3 is 14.9 Å². The van der Waals surface area contributed by atoms with Crippen molar-refractivity contribution in [3.63, 3.8) is 0 Å². The summed E-state index contributed by atoms with van der Waals surface area (Å²) in [4.78, 5) is 36.6. The molecule has 0 aliphatic heterocycles. The fourth-order valence-electron chi connectivity index (χ4n) is 7.57. The molecular weight excluding hydrogens is 372 g/mol. The molecule has 0 saturated heterocycles. The zero-order valence-electron chi connectivity index (χ0n) is 17.6. The molecule has 3 saturated carbocycles. The third-order valence-corrected chi connectivity index (χ3v) is 8.95. The number of hydrogen-bond donors (Lipinski definition) is 2. The number of fused-ring (bicyclic) bond motifs is 5. The van der Waals surface area contributed by atoms with Crippen LogP contribution in [0.2, 0.25) is 0 Å². The highest BCUT2D eigenvalue weighted by molar-refractivity contribution is 5.92. The molecule has 6 nitrogen and oxygen atoms in total. The summed E-state index contributed by atoms with van der Waals surface area (Å²) in [6.45, 7) is 4.84. The van der Waals surface area contributed by atoms with Gasteiger partial charge in [-0.15, -0.1) is 0 Å². The lowest BCUT2D eigenvalue weighted by atomic mass is 9.45. The summed E-state index contributed by atoms with van der Waals surface area (Å²) in [6, 6.07) is 0. The van der Waals surface area contributed by atoms with Crippen molar-refractivity contribution in [1.82, 2.24) is 0 Å². The van der Waals surface area contributed by atoms with Gasteiger partial charge in [-0.05, 0) is 61.9 Å². The van der Waals surface area contributed by atoms with E-state index in [9.17, 15) is 24.6 Å². The third-order valence-electron chi connectivity index (χ3n) is 8.95. The van der Waals surface area contributed by atoms with Crippen molar-refractivity contribution in [2.45, 2.75) is 77.4 Å². The first kappa shape index (κ1) is 20.7. The lowest BCUT2D eigenvalue weighted by Gasteiger charge is -2.60. The first-order valence-corrected chi connectivity index (χ1v) is 10.8. The van der Waals surface area contributed by atoms with Crippen molar-refractivity contribution in [1.29, 1.82) is 0 Å². The Bertz CT molecular complexity index is 786. The zero-order valence-corrected chi connectivity index (χ0v) is 17.6. The summed E-state index contributed by atoms with van der Waals surface area (Å²) in [5.74, 6) is -0.330. The van der Waals surface area contributed by atoms with Crippen molar-refractivity contribution >= 4 is 17.5 Å². The quantitative estimate of drug-likeness (QED) is 0.701. The minimum Gasteiger partial charge on any atom is -0.462 e. The van der Waals surface area contributed by atoms with Crippen LogP contribution in [-0.2, 0) is 19.1 Å². The minimum atomic E-state index is -1.59. The second-order valence-corrected chi connectivity index (χ2v) is 10.1. The van der Waals surface area contributed by atoms with Gasteiger partial charge in [0.1, 0.15) is 18.3 Å². The molecule has 4 rings (SSSR count). The van der Waals surface area contributed by atoms with Gasteiger partial charge in [0.25, 0.3) is 0 Å². The summed E-state index contributed by atoms with van der Waals surface area (Å²) in [5.41, 5.74) is -1.37. The maximum Gasteiger partial charge on any atom is 0.302 e. The smallest absolute Gasteiger partial charge is 0.302 e. The van der Waals surface area contributed by atoms with Crippen LogP contribution in [0.15, 0.2) is 11.6 Å². The molecule has 0 aromatic rings. The lowest BCUT2D eigenvalue weighted by Crippen LogP contribution is -2.62. The van der Waals surface area contributed by atoms with E-state index < -0.39 is 29.5 Å². The molecule has 0 bridgehead atoms. The Morgan fingerprint density at radius 2 is 1.93 bits per heavy atom. The van der Waals surface area contributed by atoms with Gasteiger partial charge in [-0.2, -0.15) is 0 Å². The van der Waals surface area contributed by atoms with E-state index in [1.54, 1.807) is 6.08 Å². The van der Waals surface area contributed by atoms with E-state index in [4.69, 9.17) is 4.74 Å². The van der Waals surface area contributed by atoms with E-state index in [1.165, 1.54) is 6.92 Å². The Morgan fingerprint density at radius 1 is 1.21 bits per heavy atom. The van der Waals surface area contributed by atoms with Crippen molar-refractivity contribution in [3.8, 4) is 0 Å². The normalized spacial score (nSPS) is 46.2. The molecule has 3 fully saturated rings. The van der Waals surface area contributed by atoms with Gasteiger partial charge in [0.05, 0.1) is 0 Å². The molecule has 0 heterocycles. The molecule has 0 spiro atoms. The van der Waals surface area contributed by atoms with Gasteiger partial charge in [-0.3, -0.25) is 14.4 Å². The number of ether oxygens (including phenoxy) is 1. The Morgan fingerprint density at radius 3 is 2.59 bits per heavy atom. The van der Waals surface area contributed by atoms with Crippen molar-refractivity contribution < 1.29 is 29.3 Å². The number of Topliss-reactive ketones (excluding diaryl/α,β-unsaturated/α-hetero) is 1. The molecule has 0 aromatic carbocycles. The van der Waals surface area contributed by atoms with Crippen LogP contribution in [0.25, 0.3) is 0 Å². The third kappa shape index (κ3) is 2.78. The summed E-state index contributed by atoms with van der Waals surface area (Å²) >= 11 is 0. The number of hydrogen-bond acceptors (Lipinski definition) is 6. The van der Waals surface area contributed by atoms with Crippen LogP contribution in [0.1, 0.15) is 65.7 Å². The van der Waals surface area contributed by atoms with Gasteiger partial charge in [0.15, 0.2) is 11.6 Å². The SMILES string of the molecule is CC(=O)O[C@@H]1C[C@@]2(C)[C@@H](CC[C@]2(O)C(=O)CO)[C@@H]2CCC3=CC(=O)CC[C@]3(C)[C@@H]21. The minimum absolute atomic E-state index is 0.0733. The van der Waals surface area contributed by atoms with Crippen LogP contribution in [0.4, 0.5) is 0 Å². The number of ketones is 2. The van der Waals surface area contributed by atoms with Crippen LogP contribution >= 0.6 is 0 Å². The van der Waals surface area contributed by atoms with Gasteiger partial charge >= 0.3 is 5.97 Å². The largest absolute Gasteiger partial charge is 0.462 e. The van der Waals surface area contributed by atoms with Crippen LogP contribution in [0.3, 0.4) is 0 Å². The highest BCUT2D eigenvalue weighted by atomic mass is 16.5. The Balaban J connectivity index is 1.79. The molecule has 0 unspecified atom stereocenters. The molecule has 29 heavy (non-hydrogen) atoms. The monoisotopic (exact) mass is 404 g/mol. The molecule has 4 aliphatic rings. The summed E-state index contributed by atoms with van der Waals surface area (Å²) in [7, 11) is 0. The molecule has 0 radical (unpaired) electrons. The number of carbonyl (C=O) groups excluding carboxylic acids is 3. The average molecular weight is 405 g/mol. The van der Waals surface area contributed by atoms with Crippen LogP contribution in [0.5, 0.6) is 0 Å². The first-order chi connectivity index (χ1) is 13.6. The maximum absolute atomic E-state index is 12.6. The lowest BCUT2D eigenvalue weighted by molar-refractivity contribution is -0.195. The average Bonchev–Trinajstić information content (AvgIpc) is 2.92. The molecule has 0 aromatic heterocycles. The number of carbonyl (C=O) groups is 3. The molecule has 160 valence electrons. The number of aliphatic hydroxyl groups is 2. The molecule has 6 heteroatoms. The maximum atomic E-state index is 12.6. The number of allylic oxidation sites excluding steroid dienone is 1. The summed E-state index contributed by atoms with van der Waals surface area (Å²) in [6.07, 6.45) is 5.79. The van der Waals surface area contributed by atoms with Gasteiger partial charge in [0.2, 0.25) is 0 Å². The van der Waals surface area contributed by atoms with E-state index in [2.05, 4.69) is 6.92 Å². The molecule has 4 aliphatic carbocycles. The van der Waals surface area contributed by atoms with E-state index in [1.807, 2.05) is 6.92 Å². The summed E-state index contributed by atoms with van der Waals surface area (Å²) < 4.78 is 5.85. The van der Waals surface area contributed by atoms with Gasteiger partial charge in [0, 0.05) is 24.7 Å². The predicted octanol–water partition coefficient (Wildman–Crippen LogP) is 2.35. The molecule has 7 atom stereocenters. The van der Waals surface area contributed by atoms with E-state index in [-0.39, 0.29) is 34.9 Å². The Hall–Kier alpha value is -1.53. The zero-order chi connectivity index (χ0) is 21.2. The topological polar surface area (TPSA) is 101 Å². The number of rotatable bonds is 3. The summed E-state index contributed by atoms with van der Waals surface area (Å²) in [5, 5.41) is 20.9. The Kier molecular flexibility index (Phi) is 4.82. The van der Waals surface area contributed by atoms with Crippen LogP contribution < -0.4 is 0 Å². The Labute approximate surface area is 171 Å². The van der Waals surface area contributed by atoms with Crippen molar-refractivity contribution in [2.24, 2.45) is 28.6 Å². The van der Waals surface area contributed by atoms with Crippen LogP contribution in [-0.4, -0.2) is 46.1 Å². The second-order valence-electron chi connectivity index (χ2n) is 10.1. The van der Waals surface area contributed by atoms with Crippen LogP contribution in [0, 0.1) is 28.6 Å². The van der Waals surface area contributed by atoms with E-state index in [0.29, 0.717) is 19.3 Å². The standard InChI is InChI=1S/C23H32O6/c1-13(25)29-18-11-22(3)17(7-9-23(22,28)19(27)12-24)16-5-4-14-10-15(26)6-8-21(14,2)20(16)18/h10,16-18,20,24,28H,4-9,11-12H2,1-3H3/t16-,17-,18+,20-,21-,22-,23-/m0/s1. The molecule has 2 N–H and O–H groups in total. The van der Waals surface area contributed by atoms with Gasteiger partial charge in [-0.25, -0.2) is 0 Å². The molecule has 0 amide bonds. The van der Waals surface area contributed by atoms with Crippen molar-refractivity contribution in [2.75, 3.05) is 6.61 Å². The van der Waals surface area contributed by atoms with Crippen molar-refractivity contribution in [3.05, 3.63) is 11.6 Å². The highest BCUT2D eigenvalue weighted by Crippen LogP contribution is 2.68. The van der Waals surface area contributed by atoms with E-state index in [0.717, 1.165) is 31.3 Å².